The van der Waals surface area contributed by atoms with Crippen molar-refractivity contribution in [2.45, 2.75) is 47.0 Å². The maximum absolute atomic E-state index is 3.97. The molecule has 0 fully saturated rings. The Morgan fingerprint density at radius 3 is 2.14 bits per heavy atom. The van der Waals surface area contributed by atoms with Gasteiger partial charge in [0.1, 0.15) is 0 Å². The number of hydrogen-bond acceptors (Lipinski definition) is 0. The third-order valence-corrected chi connectivity index (χ3v) is 2.25. The van der Waals surface area contributed by atoms with E-state index in [-0.39, 0.29) is 0 Å². The molecule has 0 aromatic heterocycles. The van der Waals surface area contributed by atoms with Gasteiger partial charge in [-0.25, -0.2) is 0 Å². The van der Waals surface area contributed by atoms with Crippen molar-refractivity contribution < 1.29 is 0 Å². The second kappa shape index (κ2) is 10.3. The van der Waals surface area contributed by atoms with Crippen LogP contribution in [0.25, 0.3) is 0 Å². The molecule has 0 bridgehead atoms. The fourth-order valence-corrected chi connectivity index (χ4v) is 1.51. The first-order chi connectivity index (χ1) is 6.61. The van der Waals surface area contributed by atoms with Gasteiger partial charge in [0.05, 0.1) is 0 Å². The average molecular weight is 194 g/mol. The van der Waals surface area contributed by atoms with Crippen molar-refractivity contribution in [3.8, 4) is 0 Å². The Labute approximate surface area is 90.4 Å². The summed E-state index contributed by atoms with van der Waals surface area (Å²) in [5.41, 5.74) is 2.65. The molecule has 0 N–H and O–H groups in total. The van der Waals surface area contributed by atoms with Crippen LogP contribution in [-0.4, -0.2) is 0 Å². The van der Waals surface area contributed by atoms with E-state index in [2.05, 4.69) is 53.5 Å². The van der Waals surface area contributed by atoms with Crippen LogP contribution in [0.4, 0.5) is 0 Å². The second-order valence-corrected chi connectivity index (χ2v) is 3.69. The van der Waals surface area contributed by atoms with Gasteiger partial charge < -0.3 is 0 Å². The van der Waals surface area contributed by atoms with Crippen LogP contribution in [0.1, 0.15) is 47.0 Å². The third kappa shape index (κ3) is 7.85. The Morgan fingerprint density at radius 1 is 1.36 bits per heavy atom. The summed E-state index contributed by atoms with van der Waals surface area (Å²) in [5.74, 6) is 0.804. The molecule has 0 heterocycles. The molecule has 0 aromatic rings. The summed E-state index contributed by atoms with van der Waals surface area (Å²) in [6.07, 6.45) is 5.99. The summed E-state index contributed by atoms with van der Waals surface area (Å²) >= 11 is 0. The van der Waals surface area contributed by atoms with Gasteiger partial charge in [0.2, 0.25) is 0 Å². The van der Waals surface area contributed by atoms with Gasteiger partial charge in [0.25, 0.3) is 0 Å². The van der Waals surface area contributed by atoms with Crippen molar-refractivity contribution in [3.63, 3.8) is 0 Å². The predicted molar refractivity (Wildman–Crippen MR) is 68.5 cm³/mol. The molecule has 14 heavy (non-hydrogen) atoms. The molecule has 82 valence electrons. The molecule has 0 aromatic carbocycles. The summed E-state index contributed by atoms with van der Waals surface area (Å²) < 4.78 is 0. The molecule has 0 saturated carbocycles. The molecule has 0 heteroatoms. The van der Waals surface area contributed by atoms with Crippen LogP contribution in [0, 0.1) is 5.92 Å². The van der Waals surface area contributed by atoms with E-state index in [0.717, 1.165) is 5.92 Å². The van der Waals surface area contributed by atoms with Gasteiger partial charge in [0, 0.05) is 0 Å². The van der Waals surface area contributed by atoms with E-state index in [9.17, 15) is 0 Å². The summed E-state index contributed by atoms with van der Waals surface area (Å²) in [4.78, 5) is 0. The van der Waals surface area contributed by atoms with Crippen molar-refractivity contribution in [1.29, 1.82) is 0 Å². The highest BCUT2D eigenvalue weighted by Gasteiger charge is 2.04. The summed E-state index contributed by atoms with van der Waals surface area (Å²) in [7, 11) is 0. The molecule has 0 amide bonds. The van der Waals surface area contributed by atoms with E-state index >= 15 is 0 Å². The fourth-order valence-electron chi connectivity index (χ4n) is 1.51. The first kappa shape index (κ1) is 15.7. The molecule has 0 radical (unpaired) electrons. The van der Waals surface area contributed by atoms with Crippen LogP contribution in [-0.2, 0) is 0 Å². The lowest BCUT2D eigenvalue weighted by Gasteiger charge is -2.12. The van der Waals surface area contributed by atoms with E-state index in [1.165, 1.54) is 30.4 Å². The zero-order chi connectivity index (χ0) is 11.6. The van der Waals surface area contributed by atoms with Crippen LogP contribution in [0.2, 0.25) is 0 Å². The monoisotopic (exact) mass is 194 g/mol. The summed E-state index contributed by atoms with van der Waals surface area (Å²) in [6, 6.07) is 0. The Hall–Kier alpha value is -0.780. The van der Waals surface area contributed by atoms with Crippen molar-refractivity contribution in [1.82, 2.24) is 0 Å². The minimum Gasteiger partial charge on any atom is -0.106 e. The zero-order valence-electron chi connectivity index (χ0n) is 10.4. The standard InChI is InChI=1S/C12H22.C2H4/c1-6-8-11(5)9-12(7-2)10(3)4;1-2/h7,11H,3,6,8-9H2,1-2,4-5H3;1-2H2/b12-7-;. The smallest absolute Gasteiger partial charge is 0.0254 e. The summed E-state index contributed by atoms with van der Waals surface area (Å²) in [5, 5.41) is 0. The fraction of sp³-hybridized carbons (Fsp3) is 0.571. The molecule has 0 saturated heterocycles. The zero-order valence-corrected chi connectivity index (χ0v) is 10.4. The van der Waals surface area contributed by atoms with Crippen LogP contribution in [0.5, 0.6) is 0 Å². The van der Waals surface area contributed by atoms with Crippen molar-refractivity contribution in [2.75, 3.05) is 0 Å². The van der Waals surface area contributed by atoms with Crippen molar-refractivity contribution >= 4 is 0 Å². The maximum Gasteiger partial charge on any atom is -0.0254 e. The predicted octanol–water partition coefficient (Wildman–Crippen LogP) is 5.14. The van der Waals surface area contributed by atoms with Crippen LogP contribution < -0.4 is 0 Å². The molecule has 1 unspecified atom stereocenters. The molecule has 1 atom stereocenters. The van der Waals surface area contributed by atoms with Gasteiger partial charge in [-0.05, 0) is 31.8 Å². The molecule has 0 aliphatic rings. The Kier molecular flexibility index (Phi) is 11.5. The molecule has 0 aliphatic heterocycles. The normalized spacial score (nSPS) is 12.7. The second-order valence-electron chi connectivity index (χ2n) is 3.69. The van der Waals surface area contributed by atoms with E-state index < -0.39 is 0 Å². The summed E-state index contributed by atoms with van der Waals surface area (Å²) in [6.45, 7) is 18.7. The quantitative estimate of drug-likeness (QED) is 0.420. The lowest BCUT2D eigenvalue weighted by Crippen LogP contribution is -1.97. The van der Waals surface area contributed by atoms with E-state index in [0.29, 0.717) is 0 Å². The van der Waals surface area contributed by atoms with Crippen molar-refractivity contribution in [2.24, 2.45) is 5.92 Å². The SMILES string of the molecule is C=C.C=C(C)/C(=C\C)CC(C)CCC. The average Bonchev–Trinajstić information content (AvgIpc) is 2.17. The largest absolute Gasteiger partial charge is 0.106 e. The molecular weight excluding hydrogens is 168 g/mol. The Balaban J connectivity index is 0. The number of allylic oxidation sites excluding steroid dienone is 3. The first-order valence-corrected chi connectivity index (χ1v) is 5.42. The topological polar surface area (TPSA) is 0 Å². The molecule has 0 nitrogen and oxygen atoms in total. The highest BCUT2D eigenvalue weighted by Crippen LogP contribution is 2.20. The first-order valence-electron chi connectivity index (χ1n) is 5.42. The van der Waals surface area contributed by atoms with Gasteiger partial charge in [-0.1, -0.05) is 44.9 Å². The Bertz CT molecular complexity index is 174. The molecular formula is C14H26. The van der Waals surface area contributed by atoms with E-state index in [4.69, 9.17) is 0 Å². The Morgan fingerprint density at radius 2 is 1.86 bits per heavy atom. The van der Waals surface area contributed by atoms with Crippen LogP contribution in [0.15, 0.2) is 37.0 Å². The van der Waals surface area contributed by atoms with Crippen molar-refractivity contribution in [3.05, 3.63) is 37.0 Å². The highest BCUT2D eigenvalue weighted by atomic mass is 14.1. The van der Waals surface area contributed by atoms with Crippen LogP contribution in [0.3, 0.4) is 0 Å². The molecule has 0 aliphatic carbocycles. The number of rotatable bonds is 5. The highest BCUT2D eigenvalue weighted by molar-refractivity contribution is 5.25. The number of hydrogen-bond donors (Lipinski definition) is 0. The lowest BCUT2D eigenvalue weighted by atomic mass is 9.93. The van der Waals surface area contributed by atoms with Crippen LogP contribution >= 0.6 is 0 Å². The maximum atomic E-state index is 3.97. The van der Waals surface area contributed by atoms with E-state index in [1.54, 1.807) is 0 Å². The van der Waals surface area contributed by atoms with Gasteiger partial charge in [-0.3, -0.25) is 0 Å². The molecule has 0 spiro atoms. The van der Waals surface area contributed by atoms with Gasteiger partial charge in [-0.15, -0.1) is 13.2 Å². The van der Waals surface area contributed by atoms with Gasteiger partial charge in [-0.2, -0.15) is 0 Å². The lowest BCUT2D eigenvalue weighted by molar-refractivity contribution is 0.522. The minimum absolute atomic E-state index is 0.804. The van der Waals surface area contributed by atoms with Gasteiger partial charge >= 0.3 is 0 Å². The van der Waals surface area contributed by atoms with Gasteiger partial charge in [0.15, 0.2) is 0 Å². The van der Waals surface area contributed by atoms with E-state index in [1.807, 2.05) is 0 Å². The minimum atomic E-state index is 0.804. The third-order valence-electron chi connectivity index (χ3n) is 2.25. The molecule has 0 rings (SSSR count).